The average Bonchev–Trinajstić information content (AvgIpc) is 2.97. The van der Waals surface area contributed by atoms with E-state index in [0.29, 0.717) is 0 Å². The van der Waals surface area contributed by atoms with Gasteiger partial charge in [-0.15, -0.1) is 23.7 Å². The van der Waals surface area contributed by atoms with Crippen LogP contribution in [0.3, 0.4) is 0 Å². The minimum Gasteiger partial charge on any atom is -0.314 e. The van der Waals surface area contributed by atoms with E-state index in [4.69, 9.17) is 0 Å². The van der Waals surface area contributed by atoms with Gasteiger partial charge in [0.1, 0.15) is 5.82 Å². The molecule has 0 bridgehead atoms. The molecule has 1 saturated heterocycles. The van der Waals surface area contributed by atoms with Crippen LogP contribution in [0.5, 0.6) is 0 Å². The van der Waals surface area contributed by atoms with E-state index in [1.807, 2.05) is 25.1 Å². The summed E-state index contributed by atoms with van der Waals surface area (Å²) < 4.78 is 14.4. The zero-order chi connectivity index (χ0) is 13.9. The lowest BCUT2D eigenvalue weighted by Gasteiger charge is -2.35. The molecule has 1 aliphatic heterocycles. The predicted molar refractivity (Wildman–Crippen MR) is 89.0 cm³/mol. The van der Waals surface area contributed by atoms with E-state index in [1.54, 1.807) is 17.4 Å². The average molecular weight is 327 g/mol. The Labute approximate surface area is 135 Å². The molecule has 21 heavy (non-hydrogen) atoms. The summed E-state index contributed by atoms with van der Waals surface area (Å²) in [5, 5.41) is 5.42. The Morgan fingerprint density at radius 1 is 1.24 bits per heavy atom. The number of benzene rings is 1. The van der Waals surface area contributed by atoms with Crippen molar-refractivity contribution in [3.8, 4) is 0 Å². The number of nitrogens with zero attached hydrogens (tertiary/aromatic N) is 1. The summed E-state index contributed by atoms with van der Waals surface area (Å²) in [7, 11) is 0. The summed E-state index contributed by atoms with van der Waals surface area (Å²) in [6.45, 7) is 5.77. The van der Waals surface area contributed by atoms with Crippen molar-refractivity contribution >= 4 is 23.7 Å². The van der Waals surface area contributed by atoms with Crippen molar-refractivity contribution in [2.45, 2.75) is 13.0 Å². The fraction of sp³-hybridized carbons (Fsp3) is 0.375. The molecule has 5 heteroatoms. The minimum absolute atomic E-state index is 0. The van der Waals surface area contributed by atoms with Crippen molar-refractivity contribution < 1.29 is 4.39 Å². The molecule has 1 aromatic carbocycles. The summed E-state index contributed by atoms with van der Waals surface area (Å²) >= 11 is 1.70. The highest BCUT2D eigenvalue weighted by Gasteiger charge is 2.26. The van der Waals surface area contributed by atoms with Gasteiger partial charge in [0.15, 0.2) is 0 Å². The van der Waals surface area contributed by atoms with Crippen molar-refractivity contribution in [2.75, 3.05) is 26.2 Å². The molecule has 1 aromatic heterocycles. The second-order valence-corrected chi connectivity index (χ2v) is 6.21. The molecule has 1 N–H and O–H groups in total. The number of thiophene rings is 1. The van der Waals surface area contributed by atoms with Crippen molar-refractivity contribution in [1.82, 2.24) is 10.2 Å². The Bertz CT molecular complexity index is 568. The number of halogens is 2. The van der Waals surface area contributed by atoms with Crippen LogP contribution in [0.25, 0.3) is 0 Å². The Hall–Kier alpha value is -0.940. The Kier molecular flexibility index (Phi) is 5.76. The summed E-state index contributed by atoms with van der Waals surface area (Å²) in [6.07, 6.45) is 0. The molecule has 114 valence electrons. The van der Waals surface area contributed by atoms with Gasteiger partial charge >= 0.3 is 0 Å². The fourth-order valence-electron chi connectivity index (χ4n) is 2.77. The van der Waals surface area contributed by atoms with E-state index in [1.165, 1.54) is 4.88 Å². The Balaban J connectivity index is 0.00000161. The first-order chi connectivity index (χ1) is 9.75. The summed E-state index contributed by atoms with van der Waals surface area (Å²) in [5.41, 5.74) is 1.76. The van der Waals surface area contributed by atoms with Crippen LogP contribution in [-0.4, -0.2) is 31.1 Å². The Morgan fingerprint density at radius 2 is 2.00 bits per heavy atom. The van der Waals surface area contributed by atoms with Gasteiger partial charge in [0, 0.05) is 36.6 Å². The van der Waals surface area contributed by atoms with Crippen LogP contribution in [0.1, 0.15) is 22.0 Å². The molecular weight excluding hydrogens is 307 g/mol. The van der Waals surface area contributed by atoms with Gasteiger partial charge in [-0.2, -0.15) is 0 Å². The lowest BCUT2D eigenvalue weighted by molar-refractivity contribution is 0.197. The van der Waals surface area contributed by atoms with E-state index in [0.717, 1.165) is 37.3 Å². The molecule has 0 radical (unpaired) electrons. The third-order valence-electron chi connectivity index (χ3n) is 3.78. The van der Waals surface area contributed by atoms with Crippen molar-refractivity contribution in [3.05, 3.63) is 57.5 Å². The number of hydrogen-bond acceptors (Lipinski definition) is 3. The molecule has 1 atom stereocenters. The number of aryl methyl sites for hydroxylation is 1. The topological polar surface area (TPSA) is 15.3 Å². The molecule has 2 aromatic rings. The zero-order valence-corrected chi connectivity index (χ0v) is 13.6. The maximum absolute atomic E-state index is 14.4. The van der Waals surface area contributed by atoms with E-state index >= 15 is 0 Å². The summed E-state index contributed by atoms with van der Waals surface area (Å²) in [4.78, 5) is 3.59. The molecule has 0 saturated carbocycles. The normalized spacial score (nSPS) is 17.2. The van der Waals surface area contributed by atoms with Crippen LogP contribution in [-0.2, 0) is 0 Å². The molecule has 2 nitrogen and oxygen atoms in total. The maximum Gasteiger partial charge on any atom is 0.128 e. The van der Waals surface area contributed by atoms with Crippen LogP contribution < -0.4 is 5.32 Å². The fourth-order valence-corrected chi connectivity index (χ4v) is 3.65. The standard InChI is InChI=1S/C16H19FN2S.ClH/c1-12-4-5-13(14(17)11-12)16(15-3-2-10-20-15)19-8-6-18-7-9-19;/h2-5,10-11,16,18H,6-9H2,1H3;1H/t16-;/m0./s1. The first-order valence-corrected chi connectivity index (χ1v) is 7.88. The second-order valence-electron chi connectivity index (χ2n) is 5.23. The molecule has 0 spiro atoms. The summed E-state index contributed by atoms with van der Waals surface area (Å²) in [6, 6.07) is 9.77. The van der Waals surface area contributed by atoms with Crippen molar-refractivity contribution in [2.24, 2.45) is 0 Å². The number of nitrogens with one attached hydrogen (secondary N) is 1. The second kappa shape index (κ2) is 7.36. The van der Waals surface area contributed by atoms with Gasteiger partial charge in [-0.05, 0) is 30.0 Å². The van der Waals surface area contributed by atoms with Crippen LogP contribution >= 0.6 is 23.7 Å². The number of hydrogen-bond donors (Lipinski definition) is 1. The zero-order valence-electron chi connectivity index (χ0n) is 12.0. The third kappa shape index (κ3) is 3.64. The van der Waals surface area contributed by atoms with E-state index < -0.39 is 0 Å². The maximum atomic E-state index is 14.4. The minimum atomic E-state index is -0.0954. The lowest BCUT2D eigenvalue weighted by atomic mass is 10.0. The predicted octanol–water partition coefficient (Wildman–Crippen LogP) is 3.61. The first-order valence-electron chi connectivity index (χ1n) is 7.00. The smallest absolute Gasteiger partial charge is 0.128 e. The SMILES string of the molecule is Cc1ccc([C@@H](c2cccs2)N2CCNCC2)c(F)c1.Cl. The van der Waals surface area contributed by atoms with Crippen molar-refractivity contribution in [1.29, 1.82) is 0 Å². The largest absolute Gasteiger partial charge is 0.314 e. The Morgan fingerprint density at radius 3 is 2.62 bits per heavy atom. The van der Waals surface area contributed by atoms with Crippen LogP contribution in [0.2, 0.25) is 0 Å². The van der Waals surface area contributed by atoms with Gasteiger partial charge in [0.05, 0.1) is 6.04 Å². The monoisotopic (exact) mass is 326 g/mol. The summed E-state index contributed by atoms with van der Waals surface area (Å²) in [5.74, 6) is -0.0954. The van der Waals surface area contributed by atoms with E-state index in [9.17, 15) is 4.39 Å². The van der Waals surface area contributed by atoms with Gasteiger partial charge in [0.2, 0.25) is 0 Å². The molecule has 3 rings (SSSR count). The van der Waals surface area contributed by atoms with E-state index in [2.05, 4.69) is 21.7 Å². The third-order valence-corrected chi connectivity index (χ3v) is 4.70. The molecule has 1 aliphatic rings. The molecule has 0 amide bonds. The van der Waals surface area contributed by atoms with Gasteiger partial charge in [-0.25, -0.2) is 4.39 Å². The number of rotatable bonds is 3. The molecular formula is C16H20ClFN2S. The highest BCUT2D eigenvalue weighted by atomic mass is 35.5. The van der Waals surface area contributed by atoms with Crippen molar-refractivity contribution in [3.63, 3.8) is 0 Å². The molecule has 2 heterocycles. The van der Waals surface area contributed by atoms with Gasteiger partial charge < -0.3 is 5.32 Å². The van der Waals surface area contributed by atoms with Gasteiger partial charge in [-0.3, -0.25) is 4.90 Å². The van der Waals surface area contributed by atoms with Gasteiger partial charge in [-0.1, -0.05) is 18.2 Å². The molecule has 0 aliphatic carbocycles. The van der Waals surface area contributed by atoms with Crippen LogP contribution in [0, 0.1) is 12.7 Å². The quantitative estimate of drug-likeness (QED) is 0.927. The molecule has 0 unspecified atom stereocenters. The van der Waals surface area contributed by atoms with Crippen LogP contribution in [0.4, 0.5) is 4.39 Å². The highest BCUT2D eigenvalue weighted by Crippen LogP contribution is 2.33. The first kappa shape index (κ1) is 16.4. The molecule has 1 fully saturated rings. The van der Waals surface area contributed by atoms with E-state index in [-0.39, 0.29) is 24.3 Å². The van der Waals surface area contributed by atoms with Crippen LogP contribution in [0.15, 0.2) is 35.7 Å². The lowest BCUT2D eigenvalue weighted by Crippen LogP contribution is -2.45. The number of piperazine rings is 1. The van der Waals surface area contributed by atoms with Gasteiger partial charge in [0.25, 0.3) is 0 Å². The highest BCUT2D eigenvalue weighted by molar-refractivity contribution is 7.10.